The second-order valence-corrected chi connectivity index (χ2v) is 10.0. The van der Waals surface area contributed by atoms with Gasteiger partial charge in [-0.15, -0.1) is 0 Å². The van der Waals surface area contributed by atoms with Gasteiger partial charge in [0.05, 0.1) is 13.2 Å². The Hall–Kier alpha value is -2.45. The van der Waals surface area contributed by atoms with E-state index in [9.17, 15) is 0 Å². The van der Waals surface area contributed by atoms with E-state index in [2.05, 4.69) is 67.6 Å². The molecule has 2 aromatic rings. The van der Waals surface area contributed by atoms with Crippen LogP contribution >= 0.6 is 0 Å². The van der Waals surface area contributed by atoms with E-state index in [1.807, 2.05) is 12.1 Å². The van der Waals surface area contributed by atoms with Gasteiger partial charge in [-0.3, -0.25) is 0 Å². The maximum absolute atomic E-state index is 5.50. The van der Waals surface area contributed by atoms with E-state index in [0.29, 0.717) is 31.1 Å². The van der Waals surface area contributed by atoms with E-state index in [1.165, 1.54) is 5.56 Å². The number of hydrogen-bond donors (Lipinski definition) is 3. The van der Waals surface area contributed by atoms with E-state index in [1.54, 1.807) is 0 Å². The lowest BCUT2D eigenvalue weighted by Crippen LogP contribution is -2.60. The Bertz CT molecular complexity index is 875. The van der Waals surface area contributed by atoms with Gasteiger partial charge in [-0.25, -0.2) is 0 Å². The van der Waals surface area contributed by atoms with Crippen LogP contribution in [0.2, 0.25) is 0 Å². The van der Waals surface area contributed by atoms with E-state index in [-0.39, 0.29) is 17.1 Å². The molecule has 168 valence electrons. The lowest BCUT2D eigenvalue weighted by atomic mass is 9.80. The Morgan fingerprint density at radius 1 is 0.935 bits per heavy atom. The molecule has 0 spiro atoms. The second kappa shape index (κ2) is 8.59. The number of rotatable bonds is 5. The predicted molar refractivity (Wildman–Crippen MR) is 125 cm³/mol. The van der Waals surface area contributed by atoms with Crippen molar-refractivity contribution in [3.8, 4) is 0 Å². The fraction of sp³-hybridized carbons (Fsp3) is 0.609. The van der Waals surface area contributed by atoms with Crippen LogP contribution in [0.1, 0.15) is 46.1 Å². The summed E-state index contributed by atoms with van der Waals surface area (Å²) in [5.41, 5.74) is 2.26. The topological polar surface area (TPSA) is 87.2 Å². The number of morpholine rings is 1. The maximum atomic E-state index is 5.50. The number of nitrogens with zero attached hydrogens (tertiary/aromatic N) is 4. The van der Waals surface area contributed by atoms with E-state index >= 15 is 0 Å². The zero-order valence-electron chi connectivity index (χ0n) is 19.3. The van der Waals surface area contributed by atoms with Crippen molar-refractivity contribution >= 4 is 23.5 Å². The van der Waals surface area contributed by atoms with Gasteiger partial charge in [0, 0.05) is 35.9 Å². The van der Waals surface area contributed by atoms with Gasteiger partial charge in [0.25, 0.3) is 0 Å². The molecular weight excluding hydrogens is 390 g/mol. The molecule has 4 rings (SSSR count). The van der Waals surface area contributed by atoms with Crippen LogP contribution in [-0.2, 0) is 4.74 Å². The Labute approximate surface area is 185 Å². The summed E-state index contributed by atoms with van der Waals surface area (Å²) in [6, 6.07) is 8.50. The fourth-order valence-corrected chi connectivity index (χ4v) is 4.76. The Morgan fingerprint density at radius 3 is 2.19 bits per heavy atom. The highest BCUT2D eigenvalue weighted by atomic mass is 16.5. The quantitative estimate of drug-likeness (QED) is 0.671. The summed E-state index contributed by atoms with van der Waals surface area (Å²) in [5.74, 6) is 1.85. The largest absolute Gasteiger partial charge is 0.378 e. The number of piperidine rings is 1. The average Bonchev–Trinajstić information content (AvgIpc) is 2.68. The highest BCUT2D eigenvalue weighted by molar-refractivity contribution is 5.56. The molecule has 3 N–H and O–H groups in total. The van der Waals surface area contributed by atoms with Crippen molar-refractivity contribution in [1.82, 2.24) is 20.3 Å². The molecular formula is C23H35N7O. The van der Waals surface area contributed by atoms with Crippen LogP contribution in [0.3, 0.4) is 0 Å². The molecule has 0 aliphatic carbocycles. The lowest BCUT2D eigenvalue weighted by molar-refractivity contribution is 0.122. The SMILES string of the molecule is Cc1ccc(Nc2nc(NC3CC(C)(C)NC(C)(C)C3)nc(N3CCOCC3)n2)cc1. The second-order valence-electron chi connectivity index (χ2n) is 10.0. The van der Waals surface area contributed by atoms with Gasteiger partial charge in [0.1, 0.15) is 0 Å². The first-order valence-corrected chi connectivity index (χ1v) is 11.2. The van der Waals surface area contributed by atoms with Crippen LogP contribution in [0.4, 0.5) is 23.5 Å². The van der Waals surface area contributed by atoms with Crippen LogP contribution in [0, 0.1) is 6.92 Å². The first kappa shape index (κ1) is 21.8. The van der Waals surface area contributed by atoms with Crippen molar-refractivity contribution in [2.75, 3.05) is 41.8 Å². The first-order chi connectivity index (χ1) is 14.7. The zero-order chi connectivity index (χ0) is 22.1. The molecule has 0 atom stereocenters. The van der Waals surface area contributed by atoms with Gasteiger partial charge in [0.2, 0.25) is 17.8 Å². The fourth-order valence-electron chi connectivity index (χ4n) is 4.76. The van der Waals surface area contributed by atoms with Crippen molar-refractivity contribution in [2.45, 2.75) is 64.6 Å². The number of aromatic nitrogens is 3. The van der Waals surface area contributed by atoms with E-state index < -0.39 is 0 Å². The number of ether oxygens (including phenoxy) is 1. The van der Waals surface area contributed by atoms with Crippen molar-refractivity contribution in [3.63, 3.8) is 0 Å². The van der Waals surface area contributed by atoms with Gasteiger partial charge in [0.15, 0.2) is 0 Å². The lowest BCUT2D eigenvalue weighted by Gasteiger charge is -2.46. The Morgan fingerprint density at radius 2 is 1.55 bits per heavy atom. The van der Waals surface area contributed by atoms with Gasteiger partial charge in [-0.1, -0.05) is 17.7 Å². The molecule has 8 heteroatoms. The van der Waals surface area contributed by atoms with Crippen LogP contribution in [0.5, 0.6) is 0 Å². The molecule has 2 saturated heterocycles. The third kappa shape index (κ3) is 5.83. The van der Waals surface area contributed by atoms with Crippen molar-refractivity contribution in [2.24, 2.45) is 0 Å². The number of aryl methyl sites for hydroxylation is 1. The molecule has 2 fully saturated rings. The van der Waals surface area contributed by atoms with Gasteiger partial charge in [-0.2, -0.15) is 15.0 Å². The third-order valence-electron chi connectivity index (χ3n) is 5.75. The highest BCUT2D eigenvalue weighted by Crippen LogP contribution is 2.30. The minimum absolute atomic E-state index is 0.0441. The summed E-state index contributed by atoms with van der Waals surface area (Å²) in [4.78, 5) is 16.4. The van der Waals surface area contributed by atoms with Crippen LogP contribution in [0.25, 0.3) is 0 Å². The minimum Gasteiger partial charge on any atom is -0.378 e. The summed E-state index contributed by atoms with van der Waals surface area (Å²) in [5, 5.41) is 10.7. The molecule has 0 amide bonds. The summed E-state index contributed by atoms with van der Waals surface area (Å²) >= 11 is 0. The van der Waals surface area contributed by atoms with Crippen molar-refractivity contribution < 1.29 is 4.74 Å². The molecule has 31 heavy (non-hydrogen) atoms. The number of hydrogen-bond acceptors (Lipinski definition) is 8. The molecule has 1 aromatic heterocycles. The Kier molecular flexibility index (Phi) is 6.03. The van der Waals surface area contributed by atoms with Gasteiger partial charge < -0.3 is 25.6 Å². The summed E-state index contributed by atoms with van der Waals surface area (Å²) in [6.45, 7) is 14.0. The van der Waals surface area contributed by atoms with Gasteiger partial charge in [-0.05, 0) is 59.6 Å². The molecule has 0 radical (unpaired) electrons. The van der Waals surface area contributed by atoms with E-state index in [0.717, 1.165) is 31.6 Å². The Balaban J connectivity index is 1.60. The van der Waals surface area contributed by atoms with Crippen molar-refractivity contribution in [3.05, 3.63) is 29.8 Å². The standard InChI is InChI=1S/C23H35N7O/c1-16-6-8-17(9-7-16)24-19-26-20(28-21(27-19)30-10-12-31-13-11-30)25-18-14-22(2,3)29-23(4,5)15-18/h6-9,18,29H,10-15H2,1-5H3,(H2,24,25,26,27,28). The van der Waals surface area contributed by atoms with E-state index in [4.69, 9.17) is 19.7 Å². The third-order valence-corrected chi connectivity index (χ3v) is 5.75. The van der Waals surface area contributed by atoms with Gasteiger partial charge >= 0.3 is 0 Å². The molecule has 1 aromatic carbocycles. The minimum atomic E-state index is 0.0441. The summed E-state index contributed by atoms with van der Waals surface area (Å²) < 4.78 is 5.50. The molecule has 8 nitrogen and oxygen atoms in total. The van der Waals surface area contributed by atoms with Crippen molar-refractivity contribution in [1.29, 1.82) is 0 Å². The first-order valence-electron chi connectivity index (χ1n) is 11.2. The van der Waals surface area contributed by atoms with Crippen LogP contribution in [0.15, 0.2) is 24.3 Å². The summed E-state index contributed by atoms with van der Waals surface area (Å²) in [7, 11) is 0. The molecule has 0 unspecified atom stereocenters. The van der Waals surface area contributed by atoms with Crippen LogP contribution < -0.4 is 20.9 Å². The molecule has 0 saturated carbocycles. The average molecular weight is 426 g/mol. The molecule has 0 bridgehead atoms. The molecule has 2 aliphatic heterocycles. The number of nitrogens with one attached hydrogen (secondary N) is 3. The summed E-state index contributed by atoms with van der Waals surface area (Å²) in [6.07, 6.45) is 1.99. The normalized spacial score (nSPS) is 21.0. The smallest absolute Gasteiger partial charge is 0.233 e. The number of anilines is 4. The monoisotopic (exact) mass is 425 g/mol. The van der Waals surface area contributed by atoms with Crippen LogP contribution in [-0.4, -0.2) is 58.4 Å². The highest BCUT2D eigenvalue weighted by Gasteiger charge is 2.38. The predicted octanol–water partition coefficient (Wildman–Crippen LogP) is 3.48. The zero-order valence-corrected chi connectivity index (χ0v) is 19.3. The molecule has 2 aliphatic rings. The molecule has 3 heterocycles. The number of benzene rings is 1. The maximum Gasteiger partial charge on any atom is 0.233 e.